The van der Waals surface area contributed by atoms with Gasteiger partial charge < -0.3 is 90.7 Å². The van der Waals surface area contributed by atoms with Gasteiger partial charge in [-0.2, -0.15) is 0 Å². The minimum Gasteiger partial charge on any atom is -0.565 e. The van der Waals surface area contributed by atoms with Crippen LogP contribution < -0.4 is 139 Å². The van der Waals surface area contributed by atoms with Gasteiger partial charge in [-0.3, -0.25) is 9.59 Å². The number of aliphatic carboxylic acids is 8. The Labute approximate surface area is 332 Å². The number of carbonyl (C=O) groups is 9. The zero-order valence-electron chi connectivity index (χ0n) is 23.3. The fourth-order valence-corrected chi connectivity index (χ4v) is 1.67. The van der Waals surface area contributed by atoms with Crippen molar-refractivity contribution in [2.45, 2.75) is 49.1 Å². The molecule has 0 saturated carbocycles. The van der Waals surface area contributed by atoms with Gasteiger partial charge in [-0.1, -0.05) is 0 Å². The molecule has 27 heteroatoms. The van der Waals surface area contributed by atoms with E-state index in [0.717, 1.165) is 0 Å². The average Bonchev–Trinajstić information content (AvgIpc) is 2.70. The molecule has 10 N–H and O–H groups in total. The molecule has 23 nitrogen and oxygen atoms in total. The molecule has 0 rings (SSSR count). The van der Waals surface area contributed by atoms with Gasteiger partial charge in [0.15, 0.2) is 17.8 Å². The molecule has 0 unspecified atom stereocenters. The fourth-order valence-electron chi connectivity index (χ4n) is 1.67. The van der Waals surface area contributed by atoms with Crippen molar-refractivity contribution in [3.8, 4) is 0 Å². The number of aliphatic hydroxyl groups is 4. The molecule has 0 aliphatic heterocycles. The predicted octanol–water partition coefficient (Wildman–Crippen LogP) is -21.7. The van der Waals surface area contributed by atoms with E-state index in [1.807, 2.05) is 0 Å². The summed E-state index contributed by atoms with van der Waals surface area (Å²) < 4.78 is 0. The maximum atomic E-state index is 10.3. The average molecular weight is 684 g/mol. The summed E-state index contributed by atoms with van der Waals surface area (Å²) in [5.41, 5.74) is -5.71. The molecule has 0 bridgehead atoms. The van der Waals surface area contributed by atoms with Gasteiger partial charge >= 0.3 is 148 Å². The first-order valence-corrected chi connectivity index (χ1v) is 9.20. The zero-order valence-corrected chi connectivity index (χ0v) is 31.3. The van der Waals surface area contributed by atoms with E-state index in [4.69, 9.17) is 61.0 Å². The first-order chi connectivity index (χ1) is 17.7. The van der Waals surface area contributed by atoms with Crippen molar-refractivity contribution in [1.82, 2.24) is 0 Å². The standard InChI is InChI=1S/2C6H8O7.C4H6O6.CH2O3.4Na/c2*7-3(8)1-6(13,5(11)12)2-4(9)10;5-1(3(7)8)2(6)4(9)10;2-1(3)4;;;;/h2*13H,1-2H2,(H,7,8)(H,9,10)(H,11,12);1-2,5-6H,(H,7,8)(H,9,10);(H2,2,3,4);;;;/q;;;;4*+1/p-4/t;;1-,2-;;;;;/m..1...../s1. The van der Waals surface area contributed by atoms with Crippen LogP contribution in [0.2, 0.25) is 0 Å². The van der Waals surface area contributed by atoms with Crippen LogP contribution in [0.1, 0.15) is 25.7 Å². The Bertz CT molecular complexity index is 862. The van der Waals surface area contributed by atoms with E-state index < -0.39 is 103 Å². The van der Waals surface area contributed by atoms with E-state index in [-0.39, 0.29) is 118 Å². The summed E-state index contributed by atoms with van der Waals surface area (Å²) in [6.07, 6.45) is -11.6. The Morgan fingerprint density at radius 3 is 0.841 bits per heavy atom. The summed E-state index contributed by atoms with van der Waals surface area (Å²) in [4.78, 5) is 88.5. The van der Waals surface area contributed by atoms with Crippen LogP contribution in [0.15, 0.2) is 0 Å². The number of hydrogen-bond donors (Lipinski definition) is 10. The van der Waals surface area contributed by atoms with Crippen molar-refractivity contribution in [3.63, 3.8) is 0 Å². The maximum Gasteiger partial charge on any atom is 1.00 e. The summed E-state index contributed by atoms with van der Waals surface area (Å²) in [5.74, 6) is -14.5. The number of hydrogen-bond acceptors (Lipinski definition) is 17. The van der Waals surface area contributed by atoms with E-state index in [2.05, 4.69) is 0 Å². The van der Waals surface area contributed by atoms with E-state index in [1.54, 1.807) is 0 Å². The second-order valence-electron chi connectivity index (χ2n) is 6.73. The molecule has 0 radical (unpaired) electrons. The SMILES string of the molecule is O=C(O)CC(O)(CC(=O)O)C(=O)O.O=C(O)[C@H](O)[C@@H](O)C(=O)O.O=C([O-])CC(O)(CC(=O)[O-])C(=O)[O-].O=C([O-])O.[Na+].[Na+].[Na+].[Na+]. The number of aliphatic hydroxyl groups excluding tert-OH is 2. The smallest absolute Gasteiger partial charge is 0.565 e. The summed E-state index contributed by atoms with van der Waals surface area (Å²) in [6, 6.07) is 0. The van der Waals surface area contributed by atoms with E-state index in [9.17, 15) is 53.7 Å². The predicted molar refractivity (Wildman–Crippen MR) is 102 cm³/mol. The molecule has 0 aromatic carbocycles. The largest absolute Gasteiger partial charge is 1.00 e. The molecule has 44 heavy (non-hydrogen) atoms. The van der Waals surface area contributed by atoms with Crippen molar-refractivity contribution in [1.29, 1.82) is 0 Å². The van der Waals surface area contributed by atoms with Gasteiger partial charge in [-0.15, -0.1) is 0 Å². The van der Waals surface area contributed by atoms with Crippen molar-refractivity contribution >= 4 is 53.9 Å². The molecular formula is C17H20Na4O23. The Balaban J connectivity index is -0.0000000668. The zero-order chi connectivity index (χ0) is 33.2. The third-order valence-electron chi connectivity index (χ3n) is 3.34. The summed E-state index contributed by atoms with van der Waals surface area (Å²) in [7, 11) is 0. The van der Waals surface area contributed by atoms with Crippen LogP contribution in [0, 0.1) is 0 Å². The monoisotopic (exact) mass is 684 g/mol. The van der Waals surface area contributed by atoms with Crippen LogP contribution in [0.25, 0.3) is 0 Å². The van der Waals surface area contributed by atoms with Crippen molar-refractivity contribution in [2.24, 2.45) is 0 Å². The van der Waals surface area contributed by atoms with Crippen molar-refractivity contribution in [2.75, 3.05) is 0 Å². The second kappa shape index (κ2) is 30.5. The molecule has 0 amide bonds. The van der Waals surface area contributed by atoms with Crippen molar-refractivity contribution in [3.05, 3.63) is 0 Å². The Hall–Kier alpha value is -1.13. The van der Waals surface area contributed by atoms with E-state index >= 15 is 0 Å². The first-order valence-electron chi connectivity index (χ1n) is 9.20. The quantitative estimate of drug-likeness (QED) is 0.0805. The van der Waals surface area contributed by atoms with Crippen LogP contribution in [-0.4, -0.2) is 128 Å². The normalized spacial score (nSPS) is 10.5. The summed E-state index contributed by atoms with van der Waals surface area (Å²) in [5, 5.41) is 121. The second-order valence-corrected chi connectivity index (χ2v) is 6.73. The molecule has 0 fully saturated rings. The number of carboxylic acids is 8. The maximum absolute atomic E-state index is 10.3. The molecule has 0 aliphatic carbocycles. The van der Waals surface area contributed by atoms with Gasteiger partial charge in [0.1, 0.15) is 5.60 Å². The van der Waals surface area contributed by atoms with Crippen LogP contribution in [0.4, 0.5) is 4.79 Å². The molecule has 0 aromatic rings. The van der Waals surface area contributed by atoms with Gasteiger partial charge in [-0.25, -0.2) is 14.4 Å². The van der Waals surface area contributed by atoms with Gasteiger partial charge in [0.05, 0.1) is 18.8 Å². The van der Waals surface area contributed by atoms with Crippen molar-refractivity contribution < 1.29 is 233 Å². The van der Waals surface area contributed by atoms with Crippen LogP contribution in [-0.2, 0) is 38.4 Å². The summed E-state index contributed by atoms with van der Waals surface area (Å²) >= 11 is 0. The third-order valence-corrected chi connectivity index (χ3v) is 3.34. The Morgan fingerprint density at radius 2 is 0.727 bits per heavy atom. The molecule has 2 atom stereocenters. The van der Waals surface area contributed by atoms with Gasteiger partial charge in [0.2, 0.25) is 6.16 Å². The molecule has 0 saturated heterocycles. The molecule has 0 heterocycles. The molecule has 0 spiro atoms. The van der Waals surface area contributed by atoms with Gasteiger partial charge in [0.25, 0.3) is 0 Å². The molecular weight excluding hydrogens is 664 g/mol. The molecule has 0 aliphatic rings. The van der Waals surface area contributed by atoms with Crippen LogP contribution in [0.5, 0.6) is 0 Å². The third kappa shape index (κ3) is 35.4. The Morgan fingerprint density at radius 1 is 0.500 bits per heavy atom. The van der Waals surface area contributed by atoms with Crippen LogP contribution in [0.3, 0.4) is 0 Å². The molecule has 230 valence electrons. The minimum atomic E-state index is -2.97. The van der Waals surface area contributed by atoms with Gasteiger partial charge in [-0.05, 0) is 0 Å². The number of carboxylic acid groups (broad SMARTS) is 10. The van der Waals surface area contributed by atoms with Crippen LogP contribution >= 0.6 is 0 Å². The minimum absolute atomic E-state index is 0. The fraction of sp³-hybridized carbons (Fsp3) is 0.471. The van der Waals surface area contributed by atoms with E-state index in [1.165, 1.54) is 0 Å². The number of rotatable bonds is 13. The first kappa shape index (κ1) is 61.8. The summed E-state index contributed by atoms with van der Waals surface area (Å²) in [6.45, 7) is 0. The topological polar surface area (TPSA) is 448 Å². The molecule has 0 aromatic heterocycles. The van der Waals surface area contributed by atoms with E-state index in [0.29, 0.717) is 0 Å². The number of carbonyl (C=O) groups excluding carboxylic acids is 3. The Kier molecular flexibility index (Phi) is 42.9. The van der Waals surface area contributed by atoms with Gasteiger partial charge in [0, 0.05) is 24.8 Å².